The Morgan fingerprint density at radius 3 is 2.50 bits per heavy atom. The topological polar surface area (TPSA) is 93.7 Å². The Morgan fingerprint density at radius 2 is 1.86 bits per heavy atom. The van der Waals surface area contributed by atoms with Crippen molar-refractivity contribution in [3.8, 4) is 5.75 Å². The maximum absolute atomic E-state index is 12.5. The molecule has 0 aliphatic carbocycles. The van der Waals surface area contributed by atoms with Gasteiger partial charge in [-0.1, -0.05) is 17.7 Å². The SMILES string of the molecule is COCCCNC(=O)COc1ccc(S(=O)(=O)Nc2ccc(C)c(Cl)c2)cc1. The molecule has 2 N–H and O–H groups in total. The number of anilines is 1. The number of methoxy groups -OCH3 is 1. The van der Waals surface area contributed by atoms with E-state index in [4.69, 9.17) is 21.1 Å². The normalized spacial score (nSPS) is 11.1. The summed E-state index contributed by atoms with van der Waals surface area (Å²) in [7, 11) is -2.17. The minimum atomic E-state index is -3.76. The van der Waals surface area contributed by atoms with Crippen molar-refractivity contribution in [1.29, 1.82) is 0 Å². The quantitative estimate of drug-likeness (QED) is 0.569. The molecule has 0 atom stereocenters. The maximum atomic E-state index is 12.5. The minimum absolute atomic E-state index is 0.0700. The van der Waals surface area contributed by atoms with Gasteiger partial charge in [-0.25, -0.2) is 8.42 Å². The molecule has 2 aromatic rings. The first-order chi connectivity index (χ1) is 13.3. The molecule has 9 heteroatoms. The number of hydrogen-bond acceptors (Lipinski definition) is 5. The minimum Gasteiger partial charge on any atom is -0.484 e. The summed E-state index contributed by atoms with van der Waals surface area (Å²) in [6.45, 7) is 2.75. The van der Waals surface area contributed by atoms with Crippen LogP contribution in [0.25, 0.3) is 0 Å². The molecule has 2 rings (SSSR count). The van der Waals surface area contributed by atoms with Gasteiger partial charge in [0.25, 0.3) is 15.9 Å². The zero-order chi connectivity index (χ0) is 20.6. The number of hydrogen-bond donors (Lipinski definition) is 2. The van der Waals surface area contributed by atoms with Crippen molar-refractivity contribution >= 4 is 33.2 Å². The fraction of sp³-hybridized carbons (Fsp3) is 0.316. The Kier molecular flexibility index (Phi) is 8.10. The van der Waals surface area contributed by atoms with Crippen LogP contribution in [0.15, 0.2) is 47.4 Å². The number of amides is 1. The zero-order valence-electron chi connectivity index (χ0n) is 15.7. The number of ether oxygens (including phenoxy) is 2. The molecule has 0 radical (unpaired) electrons. The summed E-state index contributed by atoms with van der Waals surface area (Å²) in [6.07, 6.45) is 0.716. The number of benzene rings is 2. The molecule has 0 bridgehead atoms. The standard InChI is InChI=1S/C19H23ClN2O5S/c1-14-4-5-15(12-18(14)20)22-28(24,25)17-8-6-16(7-9-17)27-13-19(23)21-10-3-11-26-2/h4-9,12,22H,3,10-11,13H2,1-2H3,(H,21,23). The van der Waals surface area contributed by atoms with Crippen LogP contribution in [-0.4, -0.2) is 41.2 Å². The molecule has 0 aliphatic heterocycles. The van der Waals surface area contributed by atoms with E-state index < -0.39 is 10.0 Å². The molecular formula is C19H23ClN2O5S. The van der Waals surface area contributed by atoms with Crippen molar-refractivity contribution in [2.45, 2.75) is 18.2 Å². The van der Waals surface area contributed by atoms with Gasteiger partial charge in [0, 0.05) is 25.3 Å². The zero-order valence-corrected chi connectivity index (χ0v) is 17.3. The number of sulfonamides is 1. The van der Waals surface area contributed by atoms with Gasteiger partial charge in [-0.05, 0) is 55.3 Å². The van der Waals surface area contributed by atoms with Crippen LogP contribution >= 0.6 is 11.6 Å². The molecule has 0 spiro atoms. The number of nitrogens with one attached hydrogen (secondary N) is 2. The highest BCUT2D eigenvalue weighted by molar-refractivity contribution is 7.92. The molecule has 7 nitrogen and oxygen atoms in total. The molecule has 0 fully saturated rings. The molecule has 0 unspecified atom stereocenters. The number of rotatable bonds is 10. The second kappa shape index (κ2) is 10.3. The Labute approximate surface area is 170 Å². The van der Waals surface area contributed by atoms with Gasteiger partial charge in [-0.15, -0.1) is 0 Å². The highest BCUT2D eigenvalue weighted by Gasteiger charge is 2.15. The summed E-state index contributed by atoms with van der Waals surface area (Å²) in [5.74, 6) is 0.134. The van der Waals surface area contributed by atoms with Crippen LogP contribution in [-0.2, 0) is 19.6 Å². The average molecular weight is 427 g/mol. The molecule has 1 amide bonds. The third kappa shape index (κ3) is 6.70. The summed E-state index contributed by atoms with van der Waals surface area (Å²) in [6, 6.07) is 10.7. The molecule has 2 aromatic carbocycles. The van der Waals surface area contributed by atoms with Gasteiger partial charge in [0.05, 0.1) is 10.6 Å². The summed E-state index contributed by atoms with van der Waals surface area (Å²) in [5.41, 5.74) is 1.23. The van der Waals surface area contributed by atoms with Gasteiger partial charge in [-0.3, -0.25) is 9.52 Å². The second-order valence-corrected chi connectivity index (χ2v) is 8.12. The van der Waals surface area contributed by atoms with Crippen LogP contribution in [0.2, 0.25) is 5.02 Å². The van der Waals surface area contributed by atoms with Gasteiger partial charge in [0.2, 0.25) is 0 Å². The summed E-state index contributed by atoms with van der Waals surface area (Å²) in [4.78, 5) is 11.7. The van der Waals surface area contributed by atoms with E-state index in [0.29, 0.717) is 36.0 Å². The fourth-order valence-electron chi connectivity index (χ4n) is 2.23. The van der Waals surface area contributed by atoms with Crippen LogP contribution in [0.1, 0.15) is 12.0 Å². The van der Waals surface area contributed by atoms with E-state index in [9.17, 15) is 13.2 Å². The van der Waals surface area contributed by atoms with Gasteiger partial charge in [-0.2, -0.15) is 0 Å². The number of halogens is 1. The van der Waals surface area contributed by atoms with E-state index in [1.165, 1.54) is 24.3 Å². The summed E-state index contributed by atoms with van der Waals surface area (Å²) < 4.78 is 37.7. The highest BCUT2D eigenvalue weighted by Crippen LogP contribution is 2.23. The first-order valence-corrected chi connectivity index (χ1v) is 10.5. The van der Waals surface area contributed by atoms with E-state index in [1.54, 1.807) is 25.3 Å². The highest BCUT2D eigenvalue weighted by atomic mass is 35.5. The van der Waals surface area contributed by atoms with Crippen molar-refractivity contribution in [2.75, 3.05) is 31.6 Å². The van der Waals surface area contributed by atoms with Crippen LogP contribution in [0, 0.1) is 6.92 Å². The molecule has 0 aliphatic rings. The Balaban J connectivity index is 1.91. The van der Waals surface area contributed by atoms with Crippen molar-refractivity contribution < 1.29 is 22.7 Å². The lowest BCUT2D eigenvalue weighted by Gasteiger charge is -2.11. The lowest BCUT2D eigenvalue weighted by molar-refractivity contribution is -0.123. The Hall–Kier alpha value is -2.29. The van der Waals surface area contributed by atoms with Crippen molar-refractivity contribution in [3.05, 3.63) is 53.1 Å². The number of aryl methyl sites for hydroxylation is 1. The molecule has 0 saturated carbocycles. The van der Waals surface area contributed by atoms with Gasteiger partial charge >= 0.3 is 0 Å². The predicted molar refractivity (Wildman–Crippen MR) is 108 cm³/mol. The van der Waals surface area contributed by atoms with E-state index in [-0.39, 0.29) is 17.4 Å². The van der Waals surface area contributed by atoms with Gasteiger partial charge in [0.1, 0.15) is 5.75 Å². The van der Waals surface area contributed by atoms with Crippen LogP contribution in [0.5, 0.6) is 5.75 Å². The largest absolute Gasteiger partial charge is 0.484 e. The molecule has 0 heterocycles. The Morgan fingerprint density at radius 1 is 1.14 bits per heavy atom. The average Bonchev–Trinajstić information content (AvgIpc) is 2.66. The summed E-state index contributed by atoms with van der Waals surface area (Å²) in [5, 5.41) is 3.17. The molecule has 0 aromatic heterocycles. The lowest BCUT2D eigenvalue weighted by atomic mass is 10.2. The lowest BCUT2D eigenvalue weighted by Crippen LogP contribution is -2.30. The van der Waals surface area contributed by atoms with E-state index in [2.05, 4.69) is 10.0 Å². The fourth-order valence-corrected chi connectivity index (χ4v) is 3.46. The summed E-state index contributed by atoms with van der Waals surface area (Å²) >= 11 is 6.03. The maximum Gasteiger partial charge on any atom is 0.261 e. The third-order valence-corrected chi connectivity index (χ3v) is 5.58. The molecule has 0 saturated heterocycles. The first-order valence-electron chi connectivity index (χ1n) is 8.59. The monoisotopic (exact) mass is 426 g/mol. The van der Waals surface area contributed by atoms with Crippen LogP contribution in [0.3, 0.4) is 0 Å². The molecule has 152 valence electrons. The smallest absolute Gasteiger partial charge is 0.261 e. The number of carbonyl (C=O) groups is 1. The van der Waals surface area contributed by atoms with E-state index >= 15 is 0 Å². The van der Waals surface area contributed by atoms with Crippen molar-refractivity contribution in [3.63, 3.8) is 0 Å². The van der Waals surface area contributed by atoms with E-state index in [1.807, 2.05) is 6.92 Å². The first kappa shape index (κ1) is 22.0. The Bertz CT molecular complexity index is 901. The third-order valence-electron chi connectivity index (χ3n) is 3.78. The number of carbonyl (C=O) groups excluding carboxylic acids is 1. The van der Waals surface area contributed by atoms with Gasteiger partial charge < -0.3 is 14.8 Å². The van der Waals surface area contributed by atoms with Crippen LogP contribution in [0.4, 0.5) is 5.69 Å². The van der Waals surface area contributed by atoms with E-state index in [0.717, 1.165) is 5.56 Å². The van der Waals surface area contributed by atoms with Gasteiger partial charge in [0.15, 0.2) is 6.61 Å². The van der Waals surface area contributed by atoms with Crippen molar-refractivity contribution in [1.82, 2.24) is 5.32 Å². The molecular weight excluding hydrogens is 404 g/mol. The van der Waals surface area contributed by atoms with Crippen molar-refractivity contribution in [2.24, 2.45) is 0 Å². The molecule has 28 heavy (non-hydrogen) atoms. The van der Waals surface area contributed by atoms with Crippen LogP contribution < -0.4 is 14.8 Å². The predicted octanol–water partition coefficient (Wildman–Crippen LogP) is 2.98. The second-order valence-electron chi connectivity index (χ2n) is 6.03.